The number of carbonyl (C=O) groups is 2. The molecule has 23 heavy (non-hydrogen) atoms. The zero-order valence-corrected chi connectivity index (χ0v) is 15.4. The lowest BCUT2D eigenvalue weighted by molar-refractivity contribution is -0.153. The van der Waals surface area contributed by atoms with Crippen LogP contribution < -0.4 is 5.32 Å². The van der Waals surface area contributed by atoms with E-state index in [1.165, 1.54) is 14.2 Å². The van der Waals surface area contributed by atoms with E-state index < -0.39 is 29.5 Å². The van der Waals surface area contributed by atoms with Crippen LogP contribution >= 0.6 is 0 Å². The van der Waals surface area contributed by atoms with Crippen molar-refractivity contribution in [3.8, 4) is 0 Å². The lowest BCUT2D eigenvalue weighted by Gasteiger charge is -2.25. The van der Waals surface area contributed by atoms with Crippen molar-refractivity contribution in [2.75, 3.05) is 27.3 Å². The Morgan fingerprint density at radius 2 is 1.57 bits per heavy atom. The molecule has 0 radical (unpaired) electrons. The highest BCUT2D eigenvalue weighted by Crippen LogP contribution is 2.09. The van der Waals surface area contributed by atoms with Crippen molar-refractivity contribution in [1.82, 2.24) is 10.4 Å². The smallest absolute Gasteiger partial charge is 0.434 e. The third-order valence-electron chi connectivity index (χ3n) is 2.31. The molecule has 0 bridgehead atoms. The van der Waals surface area contributed by atoms with Gasteiger partial charge in [-0.15, -0.1) is 0 Å². The quantitative estimate of drug-likeness (QED) is 0.750. The van der Waals surface area contributed by atoms with Crippen molar-refractivity contribution in [3.05, 3.63) is 0 Å². The predicted molar refractivity (Wildman–Crippen MR) is 85.0 cm³/mol. The van der Waals surface area contributed by atoms with E-state index in [1.807, 2.05) is 0 Å². The van der Waals surface area contributed by atoms with Crippen LogP contribution in [-0.4, -0.2) is 61.9 Å². The van der Waals surface area contributed by atoms with Crippen LogP contribution in [0, 0.1) is 0 Å². The number of rotatable bonds is 6. The standard InChI is InChI=1S/C15H30N2O6/c1-14(2,3)22-12(18)16-9-11(20-8)10-21-17(7)13(19)23-15(4,5)6/h11H,9-10H2,1-8H3,(H,16,18). The summed E-state index contributed by atoms with van der Waals surface area (Å²) in [6.07, 6.45) is -1.58. The molecule has 1 unspecified atom stereocenters. The summed E-state index contributed by atoms with van der Waals surface area (Å²) >= 11 is 0. The highest BCUT2D eigenvalue weighted by Gasteiger charge is 2.22. The van der Waals surface area contributed by atoms with E-state index >= 15 is 0 Å². The van der Waals surface area contributed by atoms with Crippen LogP contribution in [0.4, 0.5) is 9.59 Å². The molecular formula is C15H30N2O6. The summed E-state index contributed by atoms with van der Waals surface area (Å²) in [4.78, 5) is 28.6. The van der Waals surface area contributed by atoms with E-state index in [-0.39, 0.29) is 13.2 Å². The summed E-state index contributed by atoms with van der Waals surface area (Å²) in [7, 11) is 2.93. The molecule has 2 amide bonds. The van der Waals surface area contributed by atoms with Gasteiger partial charge >= 0.3 is 12.2 Å². The van der Waals surface area contributed by atoms with Gasteiger partial charge in [0, 0.05) is 20.7 Å². The van der Waals surface area contributed by atoms with Gasteiger partial charge in [-0.25, -0.2) is 9.59 Å². The first-order valence-electron chi connectivity index (χ1n) is 7.43. The normalized spacial score (nSPS) is 13.2. The Labute approximate surface area is 138 Å². The van der Waals surface area contributed by atoms with Crippen molar-refractivity contribution in [2.24, 2.45) is 0 Å². The van der Waals surface area contributed by atoms with Gasteiger partial charge in [0.2, 0.25) is 0 Å². The molecule has 1 atom stereocenters. The number of hydroxylamine groups is 2. The SMILES string of the molecule is COC(CNC(=O)OC(C)(C)C)CON(C)C(=O)OC(C)(C)C. The summed E-state index contributed by atoms with van der Waals surface area (Å²) in [6.45, 7) is 10.9. The van der Waals surface area contributed by atoms with Crippen LogP contribution in [0.15, 0.2) is 0 Å². The molecule has 8 nitrogen and oxygen atoms in total. The first-order chi connectivity index (χ1) is 10.3. The zero-order chi connectivity index (χ0) is 18.3. The van der Waals surface area contributed by atoms with Crippen LogP contribution in [0.3, 0.4) is 0 Å². The van der Waals surface area contributed by atoms with Crippen LogP contribution in [0.1, 0.15) is 41.5 Å². The Bertz CT molecular complexity index is 386. The fraction of sp³-hybridized carbons (Fsp3) is 0.867. The minimum Gasteiger partial charge on any atom is -0.444 e. The van der Waals surface area contributed by atoms with Crippen LogP contribution in [0.5, 0.6) is 0 Å². The Morgan fingerprint density at radius 3 is 2.00 bits per heavy atom. The number of amides is 2. The van der Waals surface area contributed by atoms with E-state index in [4.69, 9.17) is 19.0 Å². The molecule has 0 aliphatic rings. The van der Waals surface area contributed by atoms with Gasteiger partial charge in [0.05, 0.1) is 0 Å². The molecule has 0 aliphatic heterocycles. The topological polar surface area (TPSA) is 86.3 Å². The molecule has 0 fully saturated rings. The summed E-state index contributed by atoms with van der Waals surface area (Å²) in [5.74, 6) is 0. The average molecular weight is 334 g/mol. The monoisotopic (exact) mass is 334 g/mol. The van der Waals surface area contributed by atoms with Crippen LogP contribution in [0.25, 0.3) is 0 Å². The highest BCUT2D eigenvalue weighted by molar-refractivity contribution is 5.67. The summed E-state index contributed by atoms with van der Waals surface area (Å²) in [6, 6.07) is 0. The number of ether oxygens (including phenoxy) is 3. The first-order valence-corrected chi connectivity index (χ1v) is 7.43. The van der Waals surface area contributed by atoms with Crippen molar-refractivity contribution in [2.45, 2.75) is 58.8 Å². The van der Waals surface area contributed by atoms with E-state index in [9.17, 15) is 9.59 Å². The summed E-state index contributed by atoms with van der Waals surface area (Å²) in [5, 5.41) is 3.57. The molecule has 0 aromatic rings. The zero-order valence-electron chi connectivity index (χ0n) is 15.4. The van der Waals surface area contributed by atoms with Gasteiger partial charge in [0.1, 0.15) is 23.9 Å². The van der Waals surface area contributed by atoms with Crippen molar-refractivity contribution >= 4 is 12.2 Å². The van der Waals surface area contributed by atoms with Crippen LogP contribution in [0.2, 0.25) is 0 Å². The van der Waals surface area contributed by atoms with Crippen LogP contribution in [-0.2, 0) is 19.0 Å². The Hall–Kier alpha value is -1.54. The number of alkyl carbamates (subject to hydrolysis) is 1. The highest BCUT2D eigenvalue weighted by atomic mass is 16.7. The number of nitrogens with zero attached hydrogens (tertiary/aromatic N) is 1. The second-order valence-electron chi connectivity index (χ2n) is 7.01. The Morgan fingerprint density at radius 1 is 1.04 bits per heavy atom. The third kappa shape index (κ3) is 11.7. The van der Waals surface area contributed by atoms with Gasteiger partial charge < -0.3 is 19.5 Å². The molecule has 8 heteroatoms. The molecule has 0 heterocycles. The number of hydrogen-bond donors (Lipinski definition) is 1. The molecule has 0 aromatic heterocycles. The summed E-state index contributed by atoms with van der Waals surface area (Å²) in [5.41, 5.74) is -1.17. The molecule has 0 saturated carbocycles. The molecule has 0 rings (SSSR count). The second kappa shape index (κ2) is 8.93. The predicted octanol–water partition coefficient (Wildman–Crippen LogP) is 2.32. The largest absolute Gasteiger partial charge is 0.444 e. The summed E-state index contributed by atoms with van der Waals surface area (Å²) < 4.78 is 15.5. The maximum Gasteiger partial charge on any atom is 0.434 e. The average Bonchev–Trinajstić information content (AvgIpc) is 2.34. The molecule has 136 valence electrons. The number of nitrogens with one attached hydrogen (secondary N) is 1. The molecule has 0 aliphatic carbocycles. The molecule has 0 saturated heterocycles. The van der Waals surface area contributed by atoms with Gasteiger partial charge in [-0.1, -0.05) is 0 Å². The van der Waals surface area contributed by atoms with E-state index in [1.54, 1.807) is 41.5 Å². The van der Waals surface area contributed by atoms with Crippen molar-refractivity contribution < 1.29 is 28.6 Å². The number of methoxy groups -OCH3 is 1. The molecular weight excluding hydrogens is 304 g/mol. The van der Waals surface area contributed by atoms with Gasteiger partial charge in [0.25, 0.3) is 0 Å². The minimum atomic E-state index is -0.604. The molecule has 0 spiro atoms. The maximum atomic E-state index is 11.7. The Kier molecular flexibility index (Phi) is 8.33. The van der Waals surface area contributed by atoms with Gasteiger partial charge in [-0.05, 0) is 41.5 Å². The van der Waals surface area contributed by atoms with Crippen molar-refractivity contribution in [1.29, 1.82) is 0 Å². The van der Waals surface area contributed by atoms with Crippen molar-refractivity contribution in [3.63, 3.8) is 0 Å². The minimum absolute atomic E-state index is 0.0715. The molecule has 0 aromatic carbocycles. The first kappa shape index (κ1) is 21.5. The lowest BCUT2D eigenvalue weighted by atomic mass is 10.2. The third-order valence-corrected chi connectivity index (χ3v) is 2.31. The Balaban J connectivity index is 4.20. The lowest BCUT2D eigenvalue weighted by Crippen LogP contribution is -2.41. The van der Waals surface area contributed by atoms with E-state index in [0.717, 1.165) is 5.06 Å². The van der Waals surface area contributed by atoms with Gasteiger partial charge in [-0.3, -0.25) is 4.84 Å². The molecule has 1 N–H and O–H groups in total. The van der Waals surface area contributed by atoms with E-state index in [0.29, 0.717) is 0 Å². The fourth-order valence-corrected chi connectivity index (χ4v) is 1.30. The second-order valence-corrected chi connectivity index (χ2v) is 7.01. The van der Waals surface area contributed by atoms with E-state index in [2.05, 4.69) is 5.32 Å². The number of hydrogen-bond acceptors (Lipinski definition) is 6. The number of carbonyl (C=O) groups excluding carboxylic acids is 2. The fourth-order valence-electron chi connectivity index (χ4n) is 1.30. The van der Waals surface area contributed by atoms with Gasteiger partial charge in [0.15, 0.2) is 0 Å². The van der Waals surface area contributed by atoms with Gasteiger partial charge in [-0.2, -0.15) is 5.06 Å². The maximum absolute atomic E-state index is 11.7.